The van der Waals surface area contributed by atoms with Crippen LogP contribution in [0.5, 0.6) is 5.75 Å². The molecule has 1 aliphatic rings. The number of amides is 1. The molecule has 1 heterocycles. The van der Waals surface area contributed by atoms with Gasteiger partial charge in [-0.1, -0.05) is 49.4 Å². The van der Waals surface area contributed by atoms with Gasteiger partial charge in [-0.05, 0) is 42.0 Å². The fraction of sp³-hybridized carbons (Fsp3) is 0.462. The van der Waals surface area contributed by atoms with Crippen molar-refractivity contribution in [3.63, 3.8) is 0 Å². The lowest BCUT2D eigenvalue weighted by Gasteiger charge is -2.18. The van der Waals surface area contributed by atoms with Crippen molar-refractivity contribution >= 4 is 11.9 Å². The van der Waals surface area contributed by atoms with Crippen molar-refractivity contribution in [3.05, 3.63) is 65.7 Å². The lowest BCUT2D eigenvalue weighted by atomic mass is 9.98. The van der Waals surface area contributed by atoms with Gasteiger partial charge in [0.15, 0.2) is 5.96 Å². The van der Waals surface area contributed by atoms with E-state index in [1.807, 2.05) is 35.2 Å². The predicted octanol–water partition coefficient (Wildman–Crippen LogP) is 3.45. The molecule has 6 nitrogen and oxygen atoms in total. The van der Waals surface area contributed by atoms with Gasteiger partial charge in [0.1, 0.15) is 5.75 Å². The maximum atomic E-state index is 12.4. The summed E-state index contributed by atoms with van der Waals surface area (Å²) in [6, 6.07) is 18.6. The molecular weight excluding hydrogens is 400 g/mol. The number of ether oxygens (including phenoxy) is 1. The standard InChI is InChI=1S/C26H36N4O2/c1-20(23-9-11-24(32-3)12-10-23)13-15-28-26(27-2)29-18-22-17-25(31)30(19-22)16-14-21-7-5-4-6-8-21/h4-12,20,22H,13-19H2,1-3H3,(H2,27,28,29). The van der Waals surface area contributed by atoms with Crippen LogP contribution in [-0.4, -0.2) is 57.1 Å². The first-order valence-electron chi connectivity index (χ1n) is 11.5. The average molecular weight is 437 g/mol. The summed E-state index contributed by atoms with van der Waals surface area (Å²) < 4.78 is 5.23. The Kier molecular flexibility index (Phi) is 8.96. The van der Waals surface area contributed by atoms with Crippen LogP contribution in [0.2, 0.25) is 0 Å². The van der Waals surface area contributed by atoms with E-state index in [1.165, 1.54) is 11.1 Å². The molecule has 1 amide bonds. The third-order valence-electron chi connectivity index (χ3n) is 6.14. The van der Waals surface area contributed by atoms with E-state index >= 15 is 0 Å². The van der Waals surface area contributed by atoms with E-state index in [2.05, 4.69) is 46.8 Å². The van der Waals surface area contributed by atoms with E-state index in [9.17, 15) is 4.79 Å². The van der Waals surface area contributed by atoms with Crippen LogP contribution in [0.25, 0.3) is 0 Å². The van der Waals surface area contributed by atoms with E-state index in [0.717, 1.165) is 50.7 Å². The second-order valence-electron chi connectivity index (χ2n) is 8.49. The van der Waals surface area contributed by atoms with Crippen molar-refractivity contribution in [2.45, 2.75) is 32.1 Å². The molecule has 2 N–H and O–H groups in total. The van der Waals surface area contributed by atoms with Crippen LogP contribution < -0.4 is 15.4 Å². The molecule has 0 bridgehead atoms. The van der Waals surface area contributed by atoms with Gasteiger partial charge in [0.2, 0.25) is 5.91 Å². The van der Waals surface area contributed by atoms with Crippen molar-refractivity contribution in [1.29, 1.82) is 0 Å². The number of rotatable bonds is 10. The Morgan fingerprint density at radius 3 is 2.59 bits per heavy atom. The summed E-state index contributed by atoms with van der Waals surface area (Å²) in [5.74, 6) is 2.69. The Hall–Kier alpha value is -3.02. The molecule has 2 unspecified atom stereocenters. The highest BCUT2D eigenvalue weighted by molar-refractivity contribution is 5.80. The smallest absolute Gasteiger partial charge is 0.223 e. The molecule has 0 aliphatic carbocycles. The summed E-state index contributed by atoms with van der Waals surface area (Å²) in [5.41, 5.74) is 2.57. The Morgan fingerprint density at radius 1 is 1.16 bits per heavy atom. The molecule has 0 saturated carbocycles. The highest BCUT2D eigenvalue weighted by Gasteiger charge is 2.29. The fourth-order valence-electron chi connectivity index (χ4n) is 4.08. The first-order valence-corrected chi connectivity index (χ1v) is 11.5. The normalized spacial score (nSPS) is 17.3. The molecular formula is C26H36N4O2. The molecule has 2 atom stereocenters. The number of nitrogens with one attached hydrogen (secondary N) is 2. The second-order valence-corrected chi connectivity index (χ2v) is 8.49. The number of nitrogens with zero attached hydrogens (tertiary/aromatic N) is 2. The Labute approximate surface area is 192 Å². The maximum absolute atomic E-state index is 12.4. The number of carbonyl (C=O) groups is 1. The summed E-state index contributed by atoms with van der Waals surface area (Å²) in [5, 5.41) is 6.80. The summed E-state index contributed by atoms with van der Waals surface area (Å²) in [6.07, 6.45) is 2.51. The molecule has 32 heavy (non-hydrogen) atoms. The van der Waals surface area contributed by atoms with E-state index in [1.54, 1.807) is 14.2 Å². The first kappa shape index (κ1) is 23.6. The van der Waals surface area contributed by atoms with E-state index < -0.39 is 0 Å². The number of benzene rings is 2. The van der Waals surface area contributed by atoms with Crippen molar-refractivity contribution in [3.8, 4) is 5.75 Å². The molecule has 1 saturated heterocycles. The van der Waals surface area contributed by atoms with Gasteiger partial charge < -0.3 is 20.3 Å². The fourth-order valence-corrected chi connectivity index (χ4v) is 4.08. The zero-order valence-corrected chi connectivity index (χ0v) is 19.5. The van der Waals surface area contributed by atoms with Gasteiger partial charge >= 0.3 is 0 Å². The highest BCUT2D eigenvalue weighted by Crippen LogP contribution is 2.21. The second kappa shape index (κ2) is 12.1. The molecule has 2 aromatic rings. The van der Waals surface area contributed by atoms with Crippen molar-refractivity contribution in [1.82, 2.24) is 15.5 Å². The van der Waals surface area contributed by atoms with Crippen molar-refractivity contribution in [2.75, 3.05) is 40.3 Å². The molecule has 1 aliphatic heterocycles. The number of aliphatic imine (C=N–C) groups is 1. The van der Waals surface area contributed by atoms with Crippen molar-refractivity contribution in [2.24, 2.45) is 10.9 Å². The van der Waals surface area contributed by atoms with Gasteiger partial charge in [0, 0.05) is 45.6 Å². The predicted molar refractivity (Wildman–Crippen MR) is 130 cm³/mol. The summed E-state index contributed by atoms with van der Waals surface area (Å²) in [6.45, 7) is 5.41. The van der Waals surface area contributed by atoms with Gasteiger partial charge in [0.05, 0.1) is 7.11 Å². The third-order valence-corrected chi connectivity index (χ3v) is 6.14. The summed E-state index contributed by atoms with van der Waals surface area (Å²) >= 11 is 0. The minimum Gasteiger partial charge on any atom is -0.497 e. The lowest BCUT2D eigenvalue weighted by molar-refractivity contribution is -0.127. The minimum absolute atomic E-state index is 0.254. The third kappa shape index (κ3) is 7.01. The van der Waals surface area contributed by atoms with Gasteiger partial charge in [-0.2, -0.15) is 0 Å². The van der Waals surface area contributed by atoms with E-state index in [-0.39, 0.29) is 5.91 Å². The lowest BCUT2D eigenvalue weighted by Crippen LogP contribution is -2.40. The monoisotopic (exact) mass is 436 g/mol. The van der Waals surface area contributed by atoms with Crippen LogP contribution in [0.1, 0.15) is 36.8 Å². The van der Waals surface area contributed by atoms with Crippen LogP contribution in [0.15, 0.2) is 59.6 Å². The minimum atomic E-state index is 0.254. The number of carbonyl (C=O) groups excluding carboxylic acids is 1. The van der Waals surface area contributed by atoms with Crippen molar-refractivity contribution < 1.29 is 9.53 Å². The highest BCUT2D eigenvalue weighted by atomic mass is 16.5. The van der Waals surface area contributed by atoms with Gasteiger partial charge in [-0.3, -0.25) is 9.79 Å². The molecule has 1 fully saturated rings. The largest absolute Gasteiger partial charge is 0.497 e. The zero-order chi connectivity index (χ0) is 22.8. The van der Waals surface area contributed by atoms with E-state index in [4.69, 9.17) is 4.74 Å². The van der Waals surface area contributed by atoms with Crippen LogP contribution in [0.4, 0.5) is 0 Å². The molecule has 172 valence electrons. The first-order chi connectivity index (χ1) is 15.6. The number of hydrogen-bond donors (Lipinski definition) is 2. The molecule has 2 aromatic carbocycles. The maximum Gasteiger partial charge on any atom is 0.223 e. The average Bonchev–Trinajstić information content (AvgIpc) is 3.19. The van der Waals surface area contributed by atoms with Crippen LogP contribution >= 0.6 is 0 Å². The molecule has 6 heteroatoms. The molecule has 3 rings (SSSR count). The number of likely N-dealkylation sites (tertiary alicyclic amines) is 1. The Balaban J connectivity index is 1.36. The quantitative estimate of drug-likeness (QED) is 0.442. The van der Waals surface area contributed by atoms with Gasteiger partial charge in [0.25, 0.3) is 0 Å². The molecule has 0 aromatic heterocycles. The topological polar surface area (TPSA) is 66.0 Å². The number of guanidine groups is 1. The van der Waals surface area contributed by atoms with Gasteiger partial charge in [-0.15, -0.1) is 0 Å². The zero-order valence-electron chi connectivity index (χ0n) is 19.5. The number of methoxy groups -OCH3 is 1. The number of hydrogen-bond acceptors (Lipinski definition) is 3. The summed E-state index contributed by atoms with van der Waals surface area (Å²) in [7, 11) is 3.47. The van der Waals surface area contributed by atoms with Crippen LogP contribution in [0, 0.1) is 5.92 Å². The van der Waals surface area contributed by atoms with Crippen LogP contribution in [0.3, 0.4) is 0 Å². The van der Waals surface area contributed by atoms with E-state index in [0.29, 0.717) is 18.3 Å². The van der Waals surface area contributed by atoms with Crippen LogP contribution in [-0.2, 0) is 11.2 Å². The molecule has 0 radical (unpaired) electrons. The Morgan fingerprint density at radius 2 is 1.91 bits per heavy atom. The summed E-state index contributed by atoms with van der Waals surface area (Å²) in [4.78, 5) is 18.7. The Bertz CT molecular complexity index is 867. The molecule has 0 spiro atoms. The van der Waals surface area contributed by atoms with Gasteiger partial charge in [-0.25, -0.2) is 0 Å². The SMILES string of the molecule is CN=C(NCCC(C)c1ccc(OC)cc1)NCC1CC(=O)N(CCc2ccccc2)C1.